The smallest absolute Gasteiger partial charge is 0.208 e. The third kappa shape index (κ3) is 6.93. The predicted octanol–water partition coefficient (Wildman–Crippen LogP) is 6.50. The molecule has 1 fully saturated rings. The van der Waals surface area contributed by atoms with Crippen molar-refractivity contribution in [3.05, 3.63) is 131 Å². The highest BCUT2D eigenvalue weighted by Gasteiger charge is 2.54. The molecule has 0 aromatic heterocycles. The number of hydrogen-bond acceptors (Lipinski definition) is 7. The van der Waals surface area contributed by atoms with Crippen molar-refractivity contribution >= 4 is 0 Å². The minimum absolute atomic E-state index is 0.305. The van der Waals surface area contributed by atoms with Crippen LogP contribution in [0.3, 0.4) is 0 Å². The molecule has 6 atom stereocenters. The first-order valence-corrected chi connectivity index (χ1v) is 14.7. The highest BCUT2D eigenvalue weighted by molar-refractivity contribution is 5.44. The summed E-state index contributed by atoms with van der Waals surface area (Å²) in [4.78, 5) is 0. The fraction of sp³-hybridized carbons (Fsp3) is 0.333. The van der Waals surface area contributed by atoms with E-state index in [0.717, 1.165) is 28.0 Å². The SMILES string of the molecule is COc1ccc2c(c1)C(OC)C1C(O2)OC(COCc2ccccc2)C(OCc2ccccc2)C1OCc1ccccc1. The molecule has 0 bridgehead atoms. The maximum atomic E-state index is 6.79. The van der Waals surface area contributed by atoms with Gasteiger partial charge in [-0.25, -0.2) is 0 Å². The van der Waals surface area contributed by atoms with Crippen LogP contribution in [0.4, 0.5) is 0 Å². The van der Waals surface area contributed by atoms with Gasteiger partial charge in [-0.3, -0.25) is 0 Å². The van der Waals surface area contributed by atoms with E-state index in [1.807, 2.05) is 84.9 Å². The molecular formula is C36H38O7. The third-order valence-corrected chi connectivity index (χ3v) is 8.03. The number of benzene rings is 4. The van der Waals surface area contributed by atoms with Crippen LogP contribution in [0.5, 0.6) is 11.5 Å². The topological polar surface area (TPSA) is 64.6 Å². The molecule has 0 aliphatic carbocycles. The molecule has 43 heavy (non-hydrogen) atoms. The first-order chi connectivity index (χ1) is 21.2. The van der Waals surface area contributed by atoms with Crippen molar-refractivity contribution in [3.8, 4) is 11.5 Å². The molecule has 0 radical (unpaired) electrons. The van der Waals surface area contributed by atoms with Gasteiger partial charge < -0.3 is 33.2 Å². The second kappa shape index (κ2) is 14.2. The van der Waals surface area contributed by atoms with Crippen molar-refractivity contribution in [1.29, 1.82) is 0 Å². The number of fused-ring (bicyclic) bond motifs is 2. The highest BCUT2D eigenvalue weighted by atomic mass is 16.7. The molecule has 2 aliphatic rings. The van der Waals surface area contributed by atoms with E-state index in [-0.39, 0.29) is 12.0 Å². The minimum atomic E-state index is -0.631. The lowest BCUT2D eigenvalue weighted by atomic mass is 9.81. The summed E-state index contributed by atoms with van der Waals surface area (Å²) in [5.41, 5.74) is 4.11. The molecule has 2 aliphatic heterocycles. The van der Waals surface area contributed by atoms with Crippen LogP contribution >= 0.6 is 0 Å². The second-order valence-corrected chi connectivity index (χ2v) is 10.8. The molecule has 2 heterocycles. The van der Waals surface area contributed by atoms with Gasteiger partial charge in [0.05, 0.1) is 51.7 Å². The summed E-state index contributed by atoms with van der Waals surface area (Å²) in [5.74, 6) is 1.10. The molecule has 0 spiro atoms. The Labute approximate surface area is 253 Å². The monoisotopic (exact) mass is 582 g/mol. The van der Waals surface area contributed by atoms with Gasteiger partial charge >= 0.3 is 0 Å². The summed E-state index contributed by atoms with van der Waals surface area (Å²) in [6, 6.07) is 36.1. The van der Waals surface area contributed by atoms with Gasteiger partial charge in [0.2, 0.25) is 6.29 Å². The van der Waals surface area contributed by atoms with Crippen molar-refractivity contribution in [2.45, 2.75) is 50.5 Å². The first-order valence-electron chi connectivity index (χ1n) is 14.7. The Bertz CT molecular complexity index is 1420. The van der Waals surface area contributed by atoms with E-state index in [0.29, 0.717) is 32.2 Å². The second-order valence-electron chi connectivity index (χ2n) is 10.8. The van der Waals surface area contributed by atoms with E-state index in [4.69, 9.17) is 33.2 Å². The molecule has 1 saturated heterocycles. The lowest BCUT2D eigenvalue weighted by Crippen LogP contribution is -2.61. The maximum Gasteiger partial charge on any atom is 0.208 e. The van der Waals surface area contributed by atoms with Gasteiger partial charge in [0.15, 0.2) is 0 Å². The summed E-state index contributed by atoms with van der Waals surface area (Å²) < 4.78 is 44.6. The van der Waals surface area contributed by atoms with Gasteiger partial charge in [-0.2, -0.15) is 0 Å². The average molecular weight is 583 g/mol. The van der Waals surface area contributed by atoms with Gasteiger partial charge in [-0.1, -0.05) is 91.0 Å². The lowest BCUT2D eigenvalue weighted by Gasteiger charge is -2.50. The fourth-order valence-electron chi connectivity index (χ4n) is 5.89. The Morgan fingerprint density at radius 3 is 1.81 bits per heavy atom. The van der Waals surface area contributed by atoms with Gasteiger partial charge in [-0.15, -0.1) is 0 Å². The Morgan fingerprint density at radius 2 is 1.23 bits per heavy atom. The predicted molar refractivity (Wildman–Crippen MR) is 162 cm³/mol. The van der Waals surface area contributed by atoms with Crippen LogP contribution in [-0.4, -0.2) is 45.4 Å². The van der Waals surface area contributed by atoms with Gasteiger partial charge in [0.25, 0.3) is 0 Å². The summed E-state index contributed by atoms with van der Waals surface area (Å²) in [6.07, 6.45) is -2.36. The van der Waals surface area contributed by atoms with E-state index >= 15 is 0 Å². The first kappa shape index (κ1) is 29.4. The van der Waals surface area contributed by atoms with E-state index in [2.05, 4.69) is 24.3 Å². The Morgan fingerprint density at radius 1 is 0.651 bits per heavy atom. The van der Waals surface area contributed by atoms with Crippen LogP contribution in [0.2, 0.25) is 0 Å². The Kier molecular flexibility index (Phi) is 9.67. The highest BCUT2D eigenvalue weighted by Crippen LogP contribution is 2.48. The van der Waals surface area contributed by atoms with Crippen molar-refractivity contribution in [2.75, 3.05) is 20.8 Å². The van der Waals surface area contributed by atoms with Crippen molar-refractivity contribution in [3.63, 3.8) is 0 Å². The van der Waals surface area contributed by atoms with Crippen LogP contribution < -0.4 is 9.47 Å². The van der Waals surface area contributed by atoms with Crippen LogP contribution in [0.15, 0.2) is 109 Å². The molecule has 0 amide bonds. The minimum Gasteiger partial charge on any atom is -0.497 e. The number of ether oxygens (including phenoxy) is 7. The standard InChI is InChI=1S/C36H38O7/c1-37-28-18-19-30-29(20-28)33(38-2)32-35(41-23-27-16-10-5-11-17-27)34(40-22-26-14-8-4-9-15-26)31(43-36(32)42-30)24-39-21-25-12-6-3-7-13-25/h3-20,31-36H,21-24H2,1-2H3. The van der Waals surface area contributed by atoms with Crippen molar-refractivity contribution in [1.82, 2.24) is 0 Å². The zero-order valence-electron chi connectivity index (χ0n) is 24.5. The van der Waals surface area contributed by atoms with Gasteiger partial charge in [-0.05, 0) is 34.9 Å². The van der Waals surface area contributed by atoms with E-state index in [1.165, 1.54) is 0 Å². The molecule has 0 saturated carbocycles. The molecule has 224 valence electrons. The molecule has 6 rings (SSSR count). The van der Waals surface area contributed by atoms with Crippen LogP contribution in [0.1, 0.15) is 28.4 Å². The van der Waals surface area contributed by atoms with Crippen LogP contribution in [0, 0.1) is 5.92 Å². The number of rotatable bonds is 12. The van der Waals surface area contributed by atoms with E-state index in [9.17, 15) is 0 Å². The van der Waals surface area contributed by atoms with Crippen LogP contribution in [0.25, 0.3) is 0 Å². The molecule has 7 heteroatoms. The number of methoxy groups -OCH3 is 2. The number of hydrogen-bond donors (Lipinski definition) is 0. The van der Waals surface area contributed by atoms with Crippen LogP contribution in [-0.2, 0) is 43.5 Å². The molecule has 4 aromatic carbocycles. The molecular weight excluding hydrogens is 544 g/mol. The quantitative estimate of drug-likeness (QED) is 0.189. The summed E-state index contributed by atoms with van der Waals surface area (Å²) in [5, 5.41) is 0. The molecule has 0 N–H and O–H groups in total. The average Bonchev–Trinajstić information content (AvgIpc) is 3.06. The van der Waals surface area contributed by atoms with E-state index < -0.39 is 24.6 Å². The van der Waals surface area contributed by atoms with Crippen molar-refractivity contribution < 1.29 is 33.2 Å². The summed E-state index contributed by atoms with van der Waals surface area (Å²) in [7, 11) is 3.36. The molecule has 7 nitrogen and oxygen atoms in total. The zero-order valence-corrected chi connectivity index (χ0v) is 24.5. The Balaban J connectivity index is 1.33. The van der Waals surface area contributed by atoms with Gasteiger partial charge in [0.1, 0.15) is 23.7 Å². The zero-order chi connectivity index (χ0) is 29.4. The Hall–Kier alpha value is -3.72. The molecule has 4 aromatic rings. The van der Waals surface area contributed by atoms with Gasteiger partial charge in [0, 0.05) is 12.7 Å². The fourth-order valence-corrected chi connectivity index (χ4v) is 5.89. The lowest BCUT2D eigenvalue weighted by molar-refractivity contribution is -0.306. The normalized spacial score (nSPS) is 24.4. The summed E-state index contributed by atoms with van der Waals surface area (Å²) in [6.45, 7) is 1.56. The van der Waals surface area contributed by atoms with E-state index in [1.54, 1.807) is 14.2 Å². The van der Waals surface area contributed by atoms with Crippen molar-refractivity contribution in [2.24, 2.45) is 5.92 Å². The maximum absolute atomic E-state index is 6.79. The largest absolute Gasteiger partial charge is 0.497 e. The molecule has 6 unspecified atom stereocenters. The third-order valence-electron chi connectivity index (χ3n) is 8.03. The summed E-state index contributed by atoms with van der Waals surface area (Å²) >= 11 is 0.